The first-order valence-corrected chi connectivity index (χ1v) is 6.81. The van der Waals surface area contributed by atoms with Crippen molar-refractivity contribution in [2.45, 2.75) is 31.9 Å². The summed E-state index contributed by atoms with van der Waals surface area (Å²) >= 11 is 0. The number of nitrogens with zero attached hydrogens (tertiary/aromatic N) is 1. The Morgan fingerprint density at radius 3 is 2.80 bits per heavy atom. The highest BCUT2D eigenvalue weighted by molar-refractivity contribution is 5.88. The molecule has 2 atom stereocenters. The average molecular weight is 273 g/mol. The van der Waals surface area contributed by atoms with Gasteiger partial charge in [0.25, 0.3) is 0 Å². The van der Waals surface area contributed by atoms with Gasteiger partial charge in [0, 0.05) is 25.8 Å². The Kier molecular flexibility index (Phi) is 5.10. The summed E-state index contributed by atoms with van der Waals surface area (Å²) in [4.78, 5) is 10.9. The Labute approximate surface area is 118 Å². The van der Waals surface area contributed by atoms with Crippen LogP contribution in [0.25, 0.3) is 0 Å². The number of nitrogens with one attached hydrogen (secondary N) is 2. The topological polar surface area (TPSA) is 74.2 Å². The number of carbonyl (C=O) groups excluding carboxylic acids is 1. The van der Waals surface area contributed by atoms with Gasteiger partial charge in [0.2, 0.25) is 5.91 Å². The van der Waals surface area contributed by atoms with Crippen molar-refractivity contribution in [3.05, 3.63) is 29.8 Å². The molecule has 5 nitrogen and oxygen atoms in total. The fourth-order valence-corrected chi connectivity index (χ4v) is 2.25. The fraction of sp³-hybridized carbons (Fsp3) is 0.467. The summed E-state index contributed by atoms with van der Waals surface area (Å²) in [7, 11) is 0. The van der Waals surface area contributed by atoms with Crippen molar-refractivity contribution in [2.24, 2.45) is 0 Å². The van der Waals surface area contributed by atoms with Crippen molar-refractivity contribution in [1.82, 2.24) is 5.32 Å². The molecular weight excluding hydrogens is 254 g/mol. The zero-order chi connectivity index (χ0) is 14.4. The van der Waals surface area contributed by atoms with Gasteiger partial charge in [-0.15, -0.1) is 0 Å². The second kappa shape index (κ2) is 7.04. The maximum Gasteiger partial charge on any atom is 0.221 e. The van der Waals surface area contributed by atoms with E-state index in [0.717, 1.165) is 30.7 Å². The molecule has 5 heteroatoms. The van der Waals surface area contributed by atoms with Crippen LogP contribution in [0.4, 0.5) is 5.69 Å². The van der Waals surface area contributed by atoms with Crippen LogP contribution in [-0.4, -0.2) is 25.2 Å². The smallest absolute Gasteiger partial charge is 0.221 e. The van der Waals surface area contributed by atoms with Crippen LogP contribution in [0.5, 0.6) is 0 Å². The Morgan fingerprint density at radius 1 is 1.50 bits per heavy atom. The number of carbonyl (C=O) groups is 1. The highest BCUT2D eigenvalue weighted by Crippen LogP contribution is 2.17. The minimum atomic E-state index is -0.356. The molecule has 1 fully saturated rings. The van der Waals surface area contributed by atoms with E-state index in [-0.39, 0.29) is 18.1 Å². The normalized spacial score (nSPS) is 19.3. The maximum absolute atomic E-state index is 10.9. The van der Waals surface area contributed by atoms with Crippen molar-refractivity contribution < 1.29 is 9.53 Å². The molecule has 0 radical (unpaired) electrons. The number of ether oxygens (including phenoxy) is 1. The van der Waals surface area contributed by atoms with Crippen LogP contribution in [0.3, 0.4) is 0 Å². The standard InChI is InChI=1S/C15H19N3O2/c1-11(19)18-13-6-4-12(5-7-13)15(9-16)17-10-14-3-2-8-20-14/h4-7,14-15,17H,2-3,8,10H2,1H3,(H,18,19). The molecule has 0 spiro atoms. The van der Waals surface area contributed by atoms with Crippen LogP contribution in [-0.2, 0) is 9.53 Å². The van der Waals surface area contributed by atoms with Gasteiger partial charge in [-0.1, -0.05) is 12.1 Å². The van der Waals surface area contributed by atoms with Gasteiger partial charge in [0.1, 0.15) is 6.04 Å². The van der Waals surface area contributed by atoms with Crippen molar-refractivity contribution in [2.75, 3.05) is 18.5 Å². The molecule has 1 aromatic carbocycles. The van der Waals surface area contributed by atoms with Gasteiger partial charge in [0.05, 0.1) is 12.2 Å². The monoisotopic (exact) mass is 273 g/mol. The van der Waals surface area contributed by atoms with Crippen LogP contribution in [0.2, 0.25) is 0 Å². The van der Waals surface area contributed by atoms with E-state index in [0.29, 0.717) is 6.54 Å². The third-order valence-electron chi connectivity index (χ3n) is 3.27. The minimum Gasteiger partial charge on any atom is -0.377 e. The van der Waals surface area contributed by atoms with Crippen molar-refractivity contribution >= 4 is 11.6 Å². The maximum atomic E-state index is 10.9. The number of nitriles is 1. The summed E-state index contributed by atoms with van der Waals surface area (Å²) < 4.78 is 5.53. The largest absolute Gasteiger partial charge is 0.377 e. The molecule has 0 bridgehead atoms. The van der Waals surface area contributed by atoms with Gasteiger partial charge in [-0.2, -0.15) is 5.26 Å². The summed E-state index contributed by atoms with van der Waals surface area (Å²) in [5.74, 6) is -0.105. The molecule has 20 heavy (non-hydrogen) atoms. The van der Waals surface area contributed by atoms with E-state index in [1.54, 1.807) is 12.1 Å². The number of benzene rings is 1. The van der Waals surface area contributed by atoms with Gasteiger partial charge < -0.3 is 10.1 Å². The Bertz CT molecular complexity index is 487. The van der Waals surface area contributed by atoms with Crippen molar-refractivity contribution in [1.29, 1.82) is 5.26 Å². The summed E-state index contributed by atoms with van der Waals surface area (Å²) in [5.41, 5.74) is 1.62. The zero-order valence-corrected chi connectivity index (χ0v) is 11.6. The highest BCUT2D eigenvalue weighted by Gasteiger charge is 2.18. The van der Waals surface area contributed by atoms with E-state index in [1.165, 1.54) is 6.92 Å². The van der Waals surface area contributed by atoms with Crippen LogP contribution < -0.4 is 10.6 Å². The lowest BCUT2D eigenvalue weighted by atomic mass is 10.1. The van der Waals surface area contributed by atoms with Gasteiger partial charge >= 0.3 is 0 Å². The third kappa shape index (κ3) is 4.05. The molecule has 1 heterocycles. The van der Waals surface area contributed by atoms with Crippen LogP contribution in [0.1, 0.15) is 31.4 Å². The third-order valence-corrected chi connectivity index (χ3v) is 3.27. The molecule has 1 aromatic rings. The van der Waals surface area contributed by atoms with Crippen molar-refractivity contribution in [3.8, 4) is 6.07 Å². The molecule has 106 valence electrons. The molecule has 2 rings (SSSR count). The number of hydrogen-bond donors (Lipinski definition) is 2. The predicted octanol–water partition coefficient (Wildman–Crippen LogP) is 1.98. The van der Waals surface area contributed by atoms with Crippen LogP contribution in [0, 0.1) is 11.3 Å². The number of rotatable bonds is 5. The van der Waals surface area contributed by atoms with E-state index in [1.807, 2.05) is 12.1 Å². The number of hydrogen-bond acceptors (Lipinski definition) is 4. The summed E-state index contributed by atoms with van der Waals surface area (Å²) in [6.45, 7) is 2.97. The lowest BCUT2D eigenvalue weighted by Crippen LogP contribution is -2.29. The van der Waals surface area contributed by atoms with Crippen molar-refractivity contribution in [3.63, 3.8) is 0 Å². The zero-order valence-electron chi connectivity index (χ0n) is 11.6. The highest BCUT2D eigenvalue weighted by atomic mass is 16.5. The molecule has 1 aliphatic rings. The molecule has 0 saturated carbocycles. The Hall–Kier alpha value is -1.90. The quantitative estimate of drug-likeness (QED) is 0.860. The Balaban J connectivity index is 1.93. The fourth-order valence-electron chi connectivity index (χ4n) is 2.25. The lowest BCUT2D eigenvalue weighted by molar-refractivity contribution is -0.114. The first-order valence-electron chi connectivity index (χ1n) is 6.81. The minimum absolute atomic E-state index is 0.105. The molecule has 2 N–H and O–H groups in total. The second-order valence-corrected chi connectivity index (χ2v) is 4.91. The first kappa shape index (κ1) is 14.5. The molecule has 1 amide bonds. The molecule has 0 aliphatic carbocycles. The van der Waals surface area contributed by atoms with E-state index in [2.05, 4.69) is 16.7 Å². The number of anilines is 1. The van der Waals surface area contributed by atoms with E-state index in [9.17, 15) is 10.1 Å². The molecular formula is C15H19N3O2. The first-order chi connectivity index (χ1) is 9.69. The van der Waals surface area contributed by atoms with E-state index >= 15 is 0 Å². The number of amides is 1. The second-order valence-electron chi connectivity index (χ2n) is 4.91. The Morgan fingerprint density at radius 2 is 2.25 bits per heavy atom. The van der Waals surface area contributed by atoms with Gasteiger partial charge in [-0.25, -0.2) is 0 Å². The molecule has 1 aliphatic heterocycles. The molecule has 0 aromatic heterocycles. The van der Waals surface area contributed by atoms with Crippen LogP contribution >= 0.6 is 0 Å². The van der Waals surface area contributed by atoms with Crippen LogP contribution in [0.15, 0.2) is 24.3 Å². The average Bonchev–Trinajstić information content (AvgIpc) is 2.94. The van der Waals surface area contributed by atoms with E-state index < -0.39 is 0 Å². The van der Waals surface area contributed by atoms with E-state index in [4.69, 9.17) is 4.74 Å². The van der Waals surface area contributed by atoms with Gasteiger partial charge in [0.15, 0.2) is 0 Å². The van der Waals surface area contributed by atoms with Gasteiger partial charge in [-0.3, -0.25) is 10.1 Å². The SMILES string of the molecule is CC(=O)Nc1ccc(C(C#N)NCC2CCCO2)cc1. The predicted molar refractivity (Wildman–Crippen MR) is 76.1 cm³/mol. The summed E-state index contributed by atoms with van der Waals surface area (Å²) in [6.07, 6.45) is 2.35. The summed E-state index contributed by atoms with van der Waals surface area (Å²) in [6, 6.07) is 9.19. The molecule has 1 saturated heterocycles. The summed E-state index contributed by atoms with van der Waals surface area (Å²) in [5, 5.41) is 15.2. The lowest BCUT2D eigenvalue weighted by Gasteiger charge is -2.15. The van der Waals surface area contributed by atoms with Gasteiger partial charge in [-0.05, 0) is 30.5 Å². The molecule has 2 unspecified atom stereocenters.